The molecule has 11 heavy (non-hydrogen) atoms. The Morgan fingerprint density at radius 3 is 2.36 bits per heavy atom. The Morgan fingerprint density at radius 1 is 1.45 bits per heavy atom. The molecule has 0 aromatic rings. The van der Waals surface area contributed by atoms with Crippen molar-refractivity contribution in [2.24, 2.45) is 5.92 Å². The van der Waals surface area contributed by atoms with Crippen LogP contribution in [0.3, 0.4) is 0 Å². The molecule has 0 saturated carbocycles. The van der Waals surface area contributed by atoms with Gasteiger partial charge in [0.15, 0.2) is 5.11 Å². The number of thiocarbonyl (C=S) groups is 1. The molecular formula is C7H17N3S. The predicted octanol–water partition coefficient (Wildman–Crippen LogP) is 0.583. The molecule has 4 heteroatoms. The summed E-state index contributed by atoms with van der Waals surface area (Å²) < 4.78 is 0. The Labute approximate surface area is 74.1 Å². The molecule has 66 valence electrons. The molecule has 0 aliphatic heterocycles. The van der Waals surface area contributed by atoms with E-state index in [1.165, 1.54) is 0 Å². The molecule has 0 amide bonds. The minimum atomic E-state index is 0.622. The van der Waals surface area contributed by atoms with Gasteiger partial charge in [0.1, 0.15) is 0 Å². The van der Waals surface area contributed by atoms with E-state index in [0.29, 0.717) is 11.0 Å². The van der Waals surface area contributed by atoms with E-state index in [1.54, 1.807) is 0 Å². The topological polar surface area (TPSA) is 27.3 Å². The lowest BCUT2D eigenvalue weighted by atomic mass is 10.2. The number of rotatable bonds is 3. The molecule has 0 spiro atoms. The second kappa shape index (κ2) is 5.32. The Morgan fingerprint density at radius 2 is 2.00 bits per heavy atom. The summed E-state index contributed by atoms with van der Waals surface area (Å²) in [4.78, 5) is 0. The molecule has 0 radical (unpaired) electrons. The zero-order valence-corrected chi connectivity index (χ0v) is 8.46. The van der Waals surface area contributed by atoms with E-state index >= 15 is 0 Å². The fourth-order valence-corrected chi connectivity index (χ4v) is 0.805. The average molecular weight is 175 g/mol. The highest BCUT2D eigenvalue weighted by atomic mass is 32.1. The van der Waals surface area contributed by atoms with E-state index in [4.69, 9.17) is 12.2 Å². The third kappa shape index (κ3) is 7.55. The van der Waals surface area contributed by atoms with Crippen molar-refractivity contribution in [1.82, 2.24) is 15.8 Å². The van der Waals surface area contributed by atoms with Gasteiger partial charge in [0.2, 0.25) is 0 Å². The van der Waals surface area contributed by atoms with Gasteiger partial charge in [-0.15, -0.1) is 0 Å². The van der Waals surface area contributed by atoms with Crippen molar-refractivity contribution >= 4 is 17.3 Å². The zero-order valence-electron chi connectivity index (χ0n) is 7.64. The standard InChI is InChI=1S/C7H17N3S/c1-6(2)5-8-7(11)9-10(3)4/h6H,5H2,1-4H3,(H2,8,9,11). The molecule has 0 saturated heterocycles. The SMILES string of the molecule is CC(C)CNC(=S)NN(C)C. The van der Waals surface area contributed by atoms with Crippen molar-refractivity contribution < 1.29 is 0 Å². The van der Waals surface area contributed by atoms with E-state index in [-0.39, 0.29) is 0 Å². The van der Waals surface area contributed by atoms with Crippen LogP contribution in [0.15, 0.2) is 0 Å². The molecular weight excluding hydrogens is 158 g/mol. The van der Waals surface area contributed by atoms with E-state index < -0.39 is 0 Å². The van der Waals surface area contributed by atoms with Gasteiger partial charge in [-0.05, 0) is 18.1 Å². The fraction of sp³-hybridized carbons (Fsp3) is 0.857. The monoisotopic (exact) mass is 175 g/mol. The lowest BCUT2D eigenvalue weighted by Crippen LogP contribution is -2.44. The van der Waals surface area contributed by atoms with E-state index in [2.05, 4.69) is 24.6 Å². The zero-order chi connectivity index (χ0) is 8.85. The third-order valence-corrected chi connectivity index (χ3v) is 1.23. The molecule has 3 nitrogen and oxygen atoms in total. The van der Waals surface area contributed by atoms with Crippen LogP contribution in [0.2, 0.25) is 0 Å². The largest absolute Gasteiger partial charge is 0.361 e. The van der Waals surface area contributed by atoms with Crippen LogP contribution in [-0.2, 0) is 0 Å². The molecule has 0 aliphatic rings. The highest BCUT2D eigenvalue weighted by Gasteiger charge is 1.96. The van der Waals surface area contributed by atoms with Crippen molar-refractivity contribution in [3.8, 4) is 0 Å². The summed E-state index contributed by atoms with van der Waals surface area (Å²) in [6, 6.07) is 0. The summed E-state index contributed by atoms with van der Waals surface area (Å²) in [5.41, 5.74) is 2.95. The van der Waals surface area contributed by atoms with Crippen LogP contribution >= 0.6 is 12.2 Å². The summed E-state index contributed by atoms with van der Waals surface area (Å²) >= 11 is 4.98. The van der Waals surface area contributed by atoms with Gasteiger partial charge in [0, 0.05) is 20.6 Å². The first-order valence-corrected chi connectivity index (χ1v) is 4.15. The maximum absolute atomic E-state index is 4.98. The van der Waals surface area contributed by atoms with E-state index in [0.717, 1.165) is 6.54 Å². The Balaban J connectivity index is 3.38. The predicted molar refractivity (Wildman–Crippen MR) is 52.3 cm³/mol. The van der Waals surface area contributed by atoms with E-state index in [1.807, 2.05) is 19.1 Å². The van der Waals surface area contributed by atoms with Crippen LogP contribution in [0.1, 0.15) is 13.8 Å². The molecule has 0 aliphatic carbocycles. The van der Waals surface area contributed by atoms with Gasteiger partial charge in [-0.3, -0.25) is 5.43 Å². The molecule has 0 atom stereocenters. The summed E-state index contributed by atoms with van der Waals surface area (Å²) in [7, 11) is 3.81. The first kappa shape index (κ1) is 10.7. The molecule has 0 unspecified atom stereocenters. The Hall–Kier alpha value is -0.350. The minimum Gasteiger partial charge on any atom is -0.361 e. The first-order valence-electron chi connectivity index (χ1n) is 3.74. The quantitative estimate of drug-likeness (QED) is 0.485. The van der Waals surface area contributed by atoms with Crippen LogP contribution in [-0.4, -0.2) is 30.8 Å². The Bertz CT molecular complexity index is 123. The summed E-state index contributed by atoms with van der Waals surface area (Å²) in [5.74, 6) is 0.622. The summed E-state index contributed by atoms with van der Waals surface area (Å²) in [5, 5.41) is 5.59. The van der Waals surface area contributed by atoms with Crippen LogP contribution < -0.4 is 10.7 Å². The lowest BCUT2D eigenvalue weighted by molar-refractivity contribution is 0.358. The molecule has 0 fully saturated rings. The van der Waals surface area contributed by atoms with Crippen molar-refractivity contribution in [2.75, 3.05) is 20.6 Å². The number of hydrogen-bond acceptors (Lipinski definition) is 2. The number of hydrogen-bond donors (Lipinski definition) is 2. The van der Waals surface area contributed by atoms with Crippen molar-refractivity contribution in [3.05, 3.63) is 0 Å². The van der Waals surface area contributed by atoms with Gasteiger partial charge in [-0.2, -0.15) is 0 Å². The minimum absolute atomic E-state index is 0.622. The van der Waals surface area contributed by atoms with Crippen molar-refractivity contribution in [1.29, 1.82) is 0 Å². The van der Waals surface area contributed by atoms with Gasteiger partial charge >= 0.3 is 0 Å². The number of nitrogens with one attached hydrogen (secondary N) is 2. The molecule has 2 N–H and O–H groups in total. The number of nitrogens with zero attached hydrogens (tertiary/aromatic N) is 1. The summed E-state index contributed by atoms with van der Waals surface area (Å²) in [6.45, 7) is 5.20. The smallest absolute Gasteiger partial charge is 0.181 e. The van der Waals surface area contributed by atoms with Crippen LogP contribution in [0.5, 0.6) is 0 Å². The molecule has 0 aromatic heterocycles. The second-order valence-electron chi connectivity index (χ2n) is 3.11. The van der Waals surface area contributed by atoms with Gasteiger partial charge in [-0.1, -0.05) is 13.8 Å². The normalized spacial score (nSPS) is 10.4. The van der Waals surface area contributed by atoms with Crippen LogP contribution in [0, 0.1) is 5.92 Å². The fourth-order valence-electron chi connectivity index (χ4n) is 0.539. The number of hydrazine groups is 1. The van der Waals surface area contributed by atoms with Crippen molar-refractivity contribution in [2.45, 2.75) is 13.8 Å². The van der Waals surface area contributed by atoms with Gasteiger partial charge in [-0.25, -0.2) is 5.01 Å². The lowest BCUT2D eigenvalue weighted by Gasteiger charge is -2.16. The van der Waals surface area contributed by atoms with Crippen molar-refractivity contribution in [3.63, 3.8) is 0 Å². The first-order chi connectivity index (χ1) is 5.02. The summed E-state index contributed by atoms with van der Waals surface area (Å²) in [6.07, 6.45) is 0. The average Bonchev–Trinajstić information content (AvgIpc) is 1.82. The highest BCUT2D eigenvalue weighted by molar-refractivity contribution is 7.80. The maximum Gasteiger partial charge on any atom is 0.181 e. The third-order valence-electron chi connectivity index (χ3n) is 0.996. The van der Waals surface area contributed by atoms with Gasteiger partial charge in [0.05, 0.1) is 0 Å². The van der Waals surface area contributed by atoms with Crippen LogP contribution in [0.25, 0.3) is 0 Å². The molecule has 0 rings (SSSR count). The van der Waals surface area contributed by atoms with Crippen LogP contribution in [0.4, 0.5) is 0 Å². The van der Waals surface area contributed by atoms with Gasteiger partial charge in [0.25, 0.3) is 0 Å². The van der Waals surface area contributed by atoms with E-state index in [9.17, 15) is 0 Å². The highest BCUT2D eigenvalue weighted by Crippen LogP contribution is 1.86. The molecule has 0 heterocycles. The maximum atomic E-state index is 4.98. The molecule has 0 aromatic carbocycles. The Kier molecular flexibility index (Phi) is 5.15. The second-order valence-corrected chi connectivity index (χ2v) is 3.52. The molecule has 0 bridgehead atoms. The van der Waals surface area contributed by atoms with Gasteiger partial charge < -0.3 is 5.32 Å².